The van der Waals surface area contributed by atoms with Crippen LogP contribution in [0.3, 0.4) is 0 Å². The maximum atomic E-state index is 5.48. The SMILES string of the molecule is c1cc2c(cc1NCC1CCOC1)CCO2. The van der Waals surface area contributed by atoms with Crippen molar-refractivity contribution in [1.82, 2.24) is 0 Å². The molecule has 1 unspecified atom stereocenters. The molecule has 0 amide bonds. The normalized spacial score (nSPS) is 22.9. The van der Waals surface area contributed by atoms with Crippen LogP contribution in [0.25, 0.3) is 0 Å². The number of ether oxygens (including phenoxy) is 2. The molecule has 1 atom stereocenters. The van der Waals surface area contributed by atoms with Crippen LogP contribution in [0.5, 0.6) is 5.75 Å². The first kappa shape index (κ1) is 9.97. The zero-order valence-electron chi connectivity index (χ0n) is 9.37. The van der Waals surface area contributed by atoms with Crippen molar-refractivity contribution >= 4 is 5.69 Å². The van der Waals surface area contributed by atoms with Crippen LogP contribution in [0, 0.1) is 5.92 Å². The molecule has 1 aromatic rings. The lowest BCUT2D eigenvalue weighted by Gasteiger charge is -2.11. The number of anilines is 1. The van der Waals surface area contributed by atoms with Gasteiger partial charge >= 0.3 is 0 Å². The Morgan fingerprint density at radius 2 is 2.31 bits per heavy atom. The second kappa shape index (κ2) is 4.34. The van der Waals surface area contributed by atoms with Gasteiger partial charge in [0.05, 0.1) is 13.2 Å². The van der Waals surface area contributed by atoms with Crippen molar-refractivity contribution < 1.29 is 9.47 Å². The van der Waals surface area contributed by atoms with Gasteiger partial charge in [-0.1, -0.05) is 0 Å². The van der Waals surface area contributed by atoms with Gasteiger partial charge in [-0.25, -0.2) is 0 Å². The zero-order chi connectivity index (χ0) is 10.8. The minimum absolute atomic E-state index is 0.671. The van der Waals surface area contributed by atoms with Crippen molar-refractivity contribution in [2.75, 3.05) is 31.7 Å². The first-order valence-electron chi connectivity index (χ1n) is 5.99. The maximum Gasteiger partial charge on any atom is 0.122 e. The summed E-state index contributed by atoms with van der Waals surface area (Å²) >= 11 is 0. The minimum Gasteiger partial charge on any atom is -0.493 e. The summed E-state index contributed by atoms with van der Waals surface area (Å²) < 4.78 is 10.8. The lowest BCUT2D eigenvalue weighted by atomic mass is 10.1. The molecule has 3 rings (SSSR count). The third-order valence-corrected chi connectivity index (χ3v) is 3.31. The van der Waals surface area contributed by atoms with Crippen LogP contribution >= 0.6 is 0 Å². The minimum atomic E-state index is 0.671. The monoisotopic (exact) mass is 219 g/mol. The molecule has 0 aliphatic carbocycles. The first-order chi connectivity index (χ1) is 7.92. The van der Waals surface area contributed by atoms with Crippen molar-refractivity contribution in [2.24, 2.45) is 5.92 Å². The van der Waals surface area contributed by atoms with Gasteiger partial charge in [0.2, 0.25) is 0 Å². The molecule has 0 radical (unpaired) electrons. The van der Waals surface area contributed by atoms with E-state index in [-0.39, 0.29) is 0 Å². The van der Waals surface area contributed by atoms with E-state index in [2.05, 4.69) is 23.5 Å². The van der Waals surface area contributed by atoms with Gasteiger partial charge in [-0.15, -0.1) is 0 Å². The number of hydrogen-bond acceptors (Lipinski definition) is 3. The molecule has 0 aromatic heterocycles. The first-order valence-corrected chi connectivity index (χ1v) is 5.99. The predicted molar refractivity (Wildman–Crippen MR) is 63.1 cm³/mol. The van der Waals surface area contributed by atoms with Crippen LogP contribution in [0.2, 0.25) is 0 Å². The lowest BCUT2D eigenvalue weighted by molar-refractivity contribution is 0.187. The van der Waals surface area contributed by atoms with Gasteiger partial charge in [0, 0.05) is 31.2 Å². The summed E-state index contributed by atoms with van der Waals surface area (Å²) in [6.07, 6.45) is 2.22. The average Bonchev–Trinajstić information content (AvgIpc) is 2.97. The Morgan fingerprint density at radius 1 is 1.31 bits per heavy atom. The van der Waals surface area contributed by atoms with Crippen molar-refractivity contribution in [2.45, 2.75) is 12.8 Å². The van der Waals surface area contributed by atoms with Crippen LogP contribution in [0.15, 0.2) is 18.2 Å². The fourth-order valence-electron chi connectivity index (χ4n) is 2.30. The molecule has 0 saturated carbocycles. The van der Waals surface area contributed by atoms with Crippen LogP contribution in [-0.4, -0.2) is 26.4 Å². The van der Waals surface area contributed by atoms with E-state index >= 15 is 0 Å². The van der Waals surface area contributed by atoms with Gasteiger partial charge < -0.3 is 14.8 Å². The van der Waals surface area contributed by atoms with Crippen molar-refractivity contribution in [3.8, 4) is 5.75 Å². The van der Waals surface area contributed by atoms with Crippen LogP contribution in [0.1, 0.15) is 12.0 Å². The molecule has 2 aliphatic heterocycles. The maximum absolute atomic E-state index is 5.48. The third kappa shape index (κ3) is 2.00. The zero-order valence-corrected chi connectivity index (χ0v) is 9.37. The number of nitrogens with one attached hydrogen (secondary N) is 1. The molecule has 16 heavy (non-hydrogen) atoms. The number of benzene rings is 1. The Bertz CT molecular complexity index is 372. The van der Waals surface area contributed by atoms with E-state index in [4.69, 9.17) is 9.47 Å². The molecule has 86 valence electrons. The molecule has 1 fully saturated rings. The third-order valence-electron chi connectivity index (χ3n) is 3.31. The quantitative estimate of drug-likeness (QED) is 0.844. The number of fused-ring (bicyclic) bond motifs is 1. The second-order valence-corrected chi connectivity index (χ2v) is 4.53. The molecule has 2 aliphatic rings. The predicted octanol–water partition coefficient (Wildman–Crippen LogP) is 2.07. The molecule has 0 spiro atoms. The summed E-state index contributed by atoms with van der Waals surface area (Å²) in [7, 11) is 0. The summed E-state index contributed by atoms with van der Waals surface area (Å²) in [6.45, 7) is 3.67. The Morgan fingerprint density at radius 3 is 3.19 bits per heavy atom. The standard InChI is InChI=1S/C13H17NO2/c1-2-13-11(4-6-16-13)7-12(1)14-8-10-3-5-15-9-10/h1-2,7,10,14H,3-6,8-9H2. The van der Waals surface area contributed by atoms with Crippen molar-refractivity contribution in [3.05, 3.63) is 23.8 Å². The van der Waals surface area contributed by atoms with Crippen molar-refractivity contribution in [3.63, 3.8) is 0 Å². The van der Waals surface area contributed by atoms with E-state index in [1.54, 1.807) is 0 Å². The van der Waals surface area contributed by atoms with E-state index in [1.165, 1.54) is 17.7 Å². The van der Waals surface area contributed by atoms with Gasteiger partial charge in [0.25, 0.3) is 0 Å². The molecule has 1 N–H and O–H groups in total. The molecule has 0 bridgehead atoms. The molecule has 2 heterocycles. The summed E-state index contributed by atoms with van der Waals surface area (Å²) in [5.41, 5.74) is 2.53. The van der Waals surface area contributed by atoms with E-state index in [1.807, 2.05) is 0 Å². The van der Waals surface area contributed by atoms with Crippen LogP contribution < -0.4 is 10.1 Å². The molecule has 3 heteroatoms. The summed E-state index contributed by atoms with van der Waals surface area (Å²) in [4.78, 5) is 0. The highest BCUT2D eigenvalue weighted by molar-refractivity contribution is 5.52. The fraction of sp³-hybridized carbons (Fsp3) is 0.538. The highest BCUT2D eigenvalue weighted by Crippen LogP contribution is 2.28. The lowest BCUT2D eigenvalue weighted by Crippen LogP contribution is -2.13. The van der Waals surface area contributed by atoms with Gasteiger partial charge in [0.15, 0.2) is 0 Å². The van der Waals surface area contributed by atoms with Crippen LogP contribution in [-0.2, 0) is 11.2 Å². The van der Waals surface area contributed by atoms with E-state index in [0.29, 0.717) is 5.92 Å². The number of rotatable bonds is 3. The largest absolute Gasteiger partial charge is 0.493 e. The summed E-state index contributed by atoms with van der Waals surface area (Å²) in [5, 5.41) is 3.48. The molecular weight excluding hydrogens is 202 g/mol. The van der Waals surface area contributed by atoms with Gasteiger partial charge in [-0.2, -0.15) is 0 Å². The van der Waals surface area contributed by atoms with E-state index in [0.717, 1.165) is 38.5 Å². The van der Waals surface area contributed by atoms with Crippen molar-refractivity contribution in [1.29, 1.82) is 0 Å². The Balaban J connectivity index is 1.61. The highest BCUT2D eigenvalue weighted by atomic mass is 16.5. The summed E-state index contributed by atoms with van der Waals surface area (Å²) in [6, 6.07) is 6.37. The van der Waals surface area contributed by atoms with Crippen LogP contribution in [0.4, 0.5) is 5.69 Å². The Hall–Kier alpha value is -1.22. The summed E-state index contributed by atoms with van der Waals surface area (Å²) in [5.74, 6) is 1.72. The molecule has 1 aromatic carbocycles. The second-order valence-electron chi connectivity index (χ2n) is 4.53. The Labute approximate surface area is 95.8 Å². The van der Waals surface area contributed by atoms with E-state index < -0.39 is 0 Å². The highest BCUT2D eigenvalue weighted by Gasteiger charge is 2.16. The van der Waals surface area contributed by atoms with Gasteiger partial charge in [0.1, 0.15) is 5.75 Å². The topological polar surface area (TPSA) is 30.5 Å². The molecule has 1 saturated heterocycles. The smallest absolute Gasteiger partial charge is 0.122 e. The average molecular weight is 219 g/mol. The molecular formula is C13H17NO2. The Kier molecular flexibility index (Phi) is 2.70. The van der Waals surface area contributed by atoms with Gasteiger partial charge in [-0.3, -0.25) is 0 Å². The van der Waals surface area contributed by atoms with E-state index in [9.17, 15) is 0 Å². The van der Waals surface area contributed by atoms with Gasteiger partial charge in [-0.05, 0) is 30.2 Å². The molecule has 3 nitrogen and oxygen atoms in total. The fourth-order valence-corrected chi connectivity index (χ4v) is 2.30. The number of hydrogen-bond donors (Lipinski definition) is 1.